The van der Waals surface area contributed by atoms with Gasteiger partial charge in [0.25, 0.3) is 0 Å². The van der Waals surface area contributed by atoms with Gasteiger partial charge in [0, 0.05) is 6.20 Å². The van der Waals surface area contributed by atoms with Gasteiger partial charge in [-0.05, 0) is 13.3 Å². The average Bonchev–Trinajstić information content (AvgIpc) is 2.33. The van der Waals surface area contributed by atoms with E-state index in [0.29, 0.717) is 5.78 Å². The molecule has 2 aromatic heterocycles. The Hall–Kier alpha value is -0.832. The summed E-state index contributed by atoms with van der Waals surface area (Å²) in [4.78, 5) is 3.94. The summed E-state index contributed by atoms with van der Waals surface area (Å²) >= 11 is 0. The van der Waals surface area contributed by atoms with E-state index in [1.165, 1.54) is 4.52 Å². The molecule has 0 fully saturated rings. The topological polar surface area (TPSA) is 56.0 Å². The largest absolute Gasteiger partial charge is 2.00 e. The Morgan fingerprint density at radius 2 is 2.25 bits per heavy atom. The van der Waals surface area contributed by atoms with Crippen LogP contribution in [0.1, 0.15) is 5.69 Å². The molecule has 0 aliphatic rings. The summed E-state index contributed by atoms with van der Waals surface area (Å²) in [7, 11) is 0. The van der Waals surface area contributed by atoms with Gasteiger partial charge in [-0.1, -0.05) is 0 Å². The van der Waals surface area contributed by atoms with Gasteiger partial charge < -0.3 is 16.9 Å². The van der Waals surface area contributed by atoms with Crippen LogP contribution in [0, 0.1) is 20.7 Å². The molecule has 0 bridgehead atoms. The van der Waals surface area contributed by atoms with E-state index in [0.717, 1.165) is 5.69 Å². The Kier molecular flexibility index (Phi) is 3.96. The molecule has 2 heterocycles. The Morgan fingerprint density at radius 3 is 3.00 bits per heavy atom. The maximum Gasteiger partial charge on any atom is 2.00 e. The molecule has 2 rings (SSSR count). The third-order valence-corrected chi connectivity index (χ3v) is 1.09. The molecule has 62 valence electrons. The Morgan fingerprint density at radius 1 is 1.50 bits per heavy atom. The van der Waals surface area contributed by atoms with Crippen molar-refractivity contribution in [2.24, 2.45) is 0 Å². The molecule has 2 aromatic rings. The van der Waals surface area contributed by atoms with Crippen LogP contribution in [0.5, 0.6) is 0 Å². The van der Waals surface area contributed by atoms with Crippen LogP contribution >= 0.6 is 0 Å². The van der Waals surface area contributed by atoms with Gasteiger partial charge >= 0.3 is 21.1 Å². The molecule has 0 N–H and O–H groups in total. The van der Waals surface area contributed by atoms with Crippen LogP contribution in [-0.4, -0.2) is 24.8 Å². The molecule has 0 amide bonds. The molecule has 0 atom stereocenters. The van der Waals surface area contributed by atoms with Crippen molar-refractivity contribution in [3.05, 3.63) is 25.6 Å². The number of aromatic nitrogens is 5. The number of hydrogen-bond donors (Lipinski definition) is 0. The monoisotopic (exact) mass is 333 g/mol. The fourth-order valence-electron chi connectivity index (χ4n) is 0.679. The molecule has 0 saturated heterocycles. The van der Waals surface area contributed by atoms with Crippen molar-refractivity contribution < 1.29 is 21.1 Å². The van der Waals surface area contributed by atoms with E-state index in [1.807, 2.05) is 6.92 Å². The molecule has 0 radical (unpaired) electrons. The summed E-state index contributed by atoms with van der Waals surface area (Å²) < 4.78 is 1.41. The number of aryl methyl sites for hydroxylation is 1. The number of fused-ring (bicyclic) bond motifs is 1. The maximum absolute atomic E-state index is 4.01. The van der Waals surface area contributed by atoms with Gasteiger partial charge in [-0.2, -0.15) is 0 Å². The van der Waals surface area contributed by atoms with Crippen molar-refractivity contribution in [1.82, 2.24) is 24.8 Å². The second kappa shape index (κ2) is 4.26. The van der Waals surface area contributed by atoms with E-state index in [-0.39, 0.29) is 28.5 Å². The molecule has 0 aromatic carbocycles. The molecule has 0 saturated carbocycles. The predicted octanol–water partition coefficient (Wildman–Crippen LogP) is 0.0757. The molecule has 0 unspecified atom stereocenters. The molecular formula is C6H7N5W. The molecule has 0 aliphatic heterocycles. The predicted molar refractivity (Wildman–Crippen MR) is 38.6 cm³/mol. The van der Waals surface area contributed by atoms with Crippen LogP contribution in [0.25, 0.3) is 5.78 Å². The maximum atomic E-state index is 4.01. The summed E-state index contributed by atoms with van der Waals surface area (Å²) in [6.07, 6.45) is 4.18. The van der Waals surface area contributed by atoms with Gasteiger partial charge in [0.15, 0.2) is 0 Å². The normalized spacial score (nSPS) is 8.75. The first kappa shape index (κ1) is 11.2. The summed E-state index contributed by atoms with van der Waals surface area (Å²) in [5, 5.41) is 11.2. The standard InChI is InChI=1S/C5H4N5.CH3.W/c1-4-2-6-5-8-7-3-10(5)9-4;;/h2H,1H3;1H3;/q2*-1;+2. The van der Waals surface area contributed by atoms with E-state index in [4.69, 9.17) is 0 Å². The minimum absolute atomic E-state index is 0. The van der Waals surface area contributed by atoms with Crippen molar-refractivity contribution in [3.8, 4) is 0 Å². The SMILES string of the molecule is Cc1cnc2nn[c-]n2n1.[CH3-].[W+2]. The van der Waals surface area contributed by atoms with Crippen LogP contribution in [0.2, 0.25) is 0 Å². The van der Waals surface area contributed by atoms with E-state index >= 15 is 0 Å². The van der Waals surface area contributed by atoms with Crippen LogP contribution in [-0.2, 0) is 21.1 Å². The van der Waals surface area contributed by atoms with Gasteiger partial charge in [-0.15, -0.1) is 0 Å². The zero-order valence-electron chi connectivity index (χ0n) is 6.72. The van der Waals surface area contributed by atoms with Crippen LogP contribution in [0.15, 0.2) is 6.20 Å². The average molecular weight is 333 g/mol. The number of nitrogens with zero attached hydrogens (tertiary/aromatic N) is 5. The Balaban J connectivity index is 0.000000605. The van der Waals surface area contributed by atoms with Crippen molar-refractivity contribution in [2.75, 3.05) is 0 Å². The molecule has 0 aliphatic carbocycles. The second-order valence-corrected chi connectivity index (χ2v) is 1.91. The van der Waals surface area contributed by atoms with Gasteiger partial charge in [-0.3, -0.25) is 5.10 Å². The van der Waals surface area contributed by atoms with E-state index < -0.39 is 0 Å². The van der Waals surface area contributed by atoms with Crippen molar-refractivity contribution in [2.45, 2.75) is 6.92 Å². The molecule has 0 spiro atoms. The minimum atomic E-state index is 0. The number of rotatable bonds is 0. The first-order valence-electron chi connectivity index (χ1n) is 2.79. The number of hydrogen-bond acceptors (Lipinski definition) is 4. The fraction of sp³-hybridized carbons (Fsp3) is 0.167. The zero-order valence-corrected chi connectivity index (χ0v) is 9.66. The second-order valence-electron chi connectivity index (χ2n) is 1.91. The molecule has 12 heavy (non-hydrogen) atoms. The Bertz CT molecular complexity index is 357. The fourth-order valence-corrected chi connectivity index (χ4v) is 0.679. The van der Waals surface area contributed by atoms with Crippen molar-refractivity contribution >= 4 is 5.78 Å². The summed E-state index contributed by atoms with van der Waals surface area (Å²) in [5.41, 5.74) is 0.823. The molecule has 5 nitrogen and oxygen atoms in total. The van der Waals surface area contributed by atoms with E-state index in [2.05, 4.69) is 26.6 Å². The summed E-state index contributed by atoms with van der Waals surface area (Å²) in [5.74, 6) is 0.477. The first-order chi connectivity index (χ1) is 4.86. The van der Waals surface area contributed by atoms with Gasteiger partial charge in [0.1, 0.15) is 5.78 Å². The van der Waals surface area contributed by atoms with E-state index in [9.17, 15) is 0 Å². The van der Waals surface area contributed by atoms with Gasteiger partial charge in [0.2, 0.25) is 0 Å². The molecule has 6 heteroatoms. The van der Waals surface area contributed by atoms with Crippen molar-refractivity contribution in [3.63, 3.8) is 0 Å². The third kappa shape index (κ3) is 1.85. The molecular weight excluding hydrogens is 326 g/mol. The van der Waals surface area contributed by atoms with Crippen LogP contribution in [0.3, 0.4) is 0 Å². The minimum Gasteiger partial charge on any atom is -0.358 e. The van der Waals surface area contributed by atoms with Crippen LogP contribution in [0.4, 0.5) is 0 Å². The summed E-state index contributed by atoms with van der Waals surface area (Å²) in [6.45, 7) is 1.85. The van der Waals surface area contributed by atoms with Crippen molar-refractivity contribution in [1.29, 1.82) is 0 Å². The Labute approximate surface area is 84.5 Å². The van der Waals surface area contributed by atoms with Gasteiger partial charge in [0.05, 0.1) is 5.69 Å². The summed E-state index contributed by atoms with van der Waals surface area (Å²) in [6, 6.07) is 0. The third-order valence-electron chi connectivity index (χ3n) is 1.09. The first-order valence-corrected chi connectivity index (χ1v) is 2.79. The zero-order chi connectivity index (χ0) is 6.97. The van der Waals surface area contributed by atoms with E-state index in [1.54, 1.807) is 6.20 Å². The van der Waals surface area contributed by atoms with Gasteiger partial charge in [-0.25, -0.2) is 10.2 Å². The quantitative estimate of drug-likeness (QED) is 0.641. The van der Waals surface area contributed by atoms with Crippen LogP contribution < -0.4 is 0 Å². The smallest absolute Gasteiger partial charge is 0.358 e.